The first-order valence-corrected chi connectivity index (χ1v) is 7.57. The second kappa shape index (κ2) is 9.13. The highest BCUT2D eigenvalue weighted by Crippen LogP contribution is 2.04. The average Bonchev–Trinajstić information content (AvgIpc) is 2.36. The van der Waals surface area contributed by atoms with Gasteiger partial charge in [0.2, 0.25) is 0 Å². The summed E-state index contributed by atoms with van der Waals surface area (Å²) in [7, 11) is 3.49. The van der Waals surface area contributed by atoms with Crippen molar-refractivity contribution < 1.29 is 9.29 Å². The second-order valence-corrected chi connectivity index (χ2v) is 5.70. The molecule has 0 spiro atoms. The predicted octanol–water partition coefficient (Wildman–Crippen LogP) is -0.129. The van der Waals surface area contributed by atoms with E-state index in [2.05, 4.69) is 14.5 Å². The van der Waals surface area contributed by atoms with Crippen molar-refractivity contribution in [3.63, 3.8) is 0 Å². The first-order chi connectivity index (χ1) is 8.26. The van der Waals surface area contributed by atoms with E-state index in [1.54, 1.807) is 14.2 Å². The summed E-state index contributed by atoms with van der Waals surface area (Å²) >= 11 is -0.903. The molecule has 1 fully saturated rings. The van der Waals surface area contributed by atoms with Gasteiger partial charge in [-0.1, -0.05) is 0 Å². The van der Waals surface area contributed by atoms with Crippen molar-refractivity contribution in [2.45, 2.75) is 12.8 Å². The maximum Gasteiger partial charge on any atom is 0.179 e. The van der Waals surface area contributed by atoms with E-state index in [9.17, 15) is 4.55 Å². The van der Waals surface area contributed by atoms with Gasteiger partial charge in [0.15, 0.2) is 5.88 Å². The molecule has 1 N–H and O–H groups in total. The zero-order valence-electron chi connectivity index (χ0n) is 11.0. The van der Waals surface area contributed by atoms with Gasteiger partial charge in [-0.05, 0) is 19.4 Å². The van der Waals surface area contributed by atoms with Crippen molar-refractivity contribution >= 4 is 11.4 Å². The van der Waals surface area contributed by atoms with Crippen LogP contribution in [0.15, 0.2) is 0 Å². The smallest absolute Gasteiger partial charge is 0.179 e. The van der Waals surface area contributed by atoms with Gasteiger partial charge in [0.25, 0.3) is 0 Å². The minimum Gasteiger partial charge on any atom is -0.597 e. The molecule has 1 saturated heterocycles. The van der Waals surface area contributed by atoms with Gasteiger partial charge in [0.05, 0.1) is 11.4 Å². The molecule has 17 heavy (non-hydrogen) atoms. The maximum atomic E-state index is 11.3. The fraction of sp³-hybridized carbons (Fsp3) is 1.00. The van der Waals surface area contributed by atoms with Crippen LogP contribution in [0, 0.1) is 0 Å². The van der Waals surface area contributed by atoms with Crippen LogP contribution in [0.4, 0.5) is 0 Å². The quantitative estimate of drug-likeness (QED) is 0.488. The van der Waals surface area contributed by atoms with Gasteiger partial charge >= 0.3 is 0 Å². The van der Waals surface area contributed by atoms with Gasteiger partial charge in [-0.2, -0.15) is 0 Å². The number of unbranched alkanes of at least 4 members (excludes halogenated alkanes) is 1. The Balaban J connectivity index is 2.05. The Morgan fingerprint density at radius 1 is 1.18 bits per heavy atom. The maximum absolute atomic E-state index is 11.3. The fourth-order valence-electron chi connectivity index (χ4n) is 1.95. The number of piperazine rings is 1. The molecule has 6 heteroatoms. The van der Waals surface area contributed by atoms with Crippen LogP contribution < -0.4 is 4.72 Å². The van der Waals surface area contributed by atoms with Crippen molar-refractivity contribution in [3.05, 3.63) is 0 Å². The normalized spacial score (nSPS) is 20.6. The summed E-state index contributed by atoms with van der Waals surface area (Å²) in [4.78, 5) is 4.74. The number of hydrogen-bond donors (Lipinski definition) is 1. The van der Waals surface area contributed by atoms with E-state index in [1.165, 1.54) is 6.42 Å². The Morgan fingerprint density at radius 3 is 2.41 bits per heavy atom. The molecule has 0 unspecified atom stereocenters. The molecule has 1 atom stereocenters. The van der Waals surface area contributed by atoms with Crippen LogP contribution in [0.5, 0.6) is 0 Å². The first kappa shape index (κ1) is 15.2. The molecule has 5 nitrogen and oxygen atoms in total. The number of nitrogens with zero attached hydrogens (tertiary/aromatic N) is 2. The number of ether oxygens (including phenoxy) is 1. The SMILES string of the molecule is CN[S@+]([O-])CN1CCN(CCCCOC)CC1. The highest BCUT2D eigenvalue weighted by atomic mass is 32.2. The standard InChI is InChI=1S/C11H25N3O2S/c1-12-17(15)11-14-8-6-13(7-9-14)5-3-4-10-16-2/h12H,3-11H2,1-2H3/t17-/m1/s1. The summed E-state index contributed by atoms with van der Waals surface area (Å²) in [6.45, 7) is 6.25. The Labute approximate surface area is 108 Å². The van der Waals surface area contributed by atoms with E-state index in [-0.39, 0.29) is 0 Å². The summed E-state index contributed by atoms with van der Waals surface area (Å²) in [5.74, 6) is 0.647. The Morgan fingerprint density at radius 2 is 1.82 bits per heavy atom. The molecule has 102 valence electrons. The van der Waals surface area contributed by atoms with Gasteiger partial charge < -0.3 is 14.2 Å². The molecular formula is C11H25N3O2S. The molecule has 1 rings (SSSR count). The third kappa shape index (κ3) is 6.59. The van der Waals surface area contributed by atoms with Crippen molar-refractivity contribution in [2.24, 2.45) is 0 Å². The lowest BCUT2D eigenvalue weighted by Crippen LogP contribution is -2.49. The molecule has 1 aliphatic rings. The van der Waals surface area contributed by atoms with E-state index in [0.29, 0.717) is 5.88 Å². The van der Waals surface area contributed by atoms with Crippen LogP contribution >= 0.6 is 0 Å². The molecule has 0 radical (unpaired) electrons. The lowest BCUT2D eigenvalue weighted by atomic mass is 10.2. The zero-order valence-corrected chi connectivity index (χ0v) is 11.8. The molecule has 0 bridgehead atoms. The van der Waals surface area contributed by atoms with Crippen LogP contribution in [0.3, 0.4) is 0 Å². The number of nitrogens with one attached hydrogen (secondary N) is 1. The largest absolute Gasteiger partial charge is 0.597 e. The van der Waals surface area contributed by atoms with Crippen LogP contribution in [0.25, 0.3) is 0 Å². The fourth-order valence-corrected chi connectivity index (χ4v) is 2.67. The Bertz CT molecular complexity index is 190. The van der Waals surface area contributed by atoms with E-state index in [1.807, 2.05) is 0 Å². The molecule has 0 amide bonds. The molecule has 0 aromatic rings. The topological polar surface area (TPSA) is 50.8 Å². The molecule has 0 aromatic carbocycles. The average molecular weight is 263 g/mol. The van der Waals surface area contributed by atoms with E-state index >= 15 is 0 Å². The first-order valence-electron chi connectivity index (χ1n) is 6.25. The third-order valence-electron chi connectivity index (χ3n) is 3.07. The van der Waals surface area contributed by atoms with E-state index < -0.39 is 11.4 Å². The minimum absolute atomic E-state index is 0.647. The van der Waals surface area contributed by atoms with Gasteiger partial charge in [-0.3, -0.25) is 4.90 Å². The van der Waals surface area contributed by atoms with Crippen LogP contribution in [-0.2, 0) is 16.1 Å². The highest BCUT2D eigenvalue weighted by Gasteiger charge is 2.19. The summed E-state index contributed by atoms with van der Waals surface area (Å²) in [6.07, 6.45) is 2.34. The zero-order chi connectivity index (χ0) is 12.5. The monoisotopic (exact) mass is 263 g/mol. The Kier molecular flexibility index (Phi) is 8.17. The predicted molar refractivity (Wildman–Crippen MR) is 71.2 cm³/mol. The third-order valence-corrected chi connectivity index (χ3v) is 4.12. The van der Waals surface area contributed by atoms with Crippen LogP contribution in [-0.4, -0.2) is 73.7 Å². The Hall–Kier alpha value is 0.150. The van der Waals surface area contributed by atoms with Crippen molar-refractivity contribution in [1.29, 1.82) is 0 Å². The summed E-state index contributed by atoms with van der Waals surface area (Å²) in [5, 5.41) is 0. The lowest BCUT2D eigenvalue weighted by Gasteiger charge is -2.34. The van der Waals surface area contributed by atoms with Gasteiger partial charge in [0, 0.05) is 46.9 Å². The van der Waals surface area contributed by atoms with Crippen molar-refractivity contribution in [2.75, 3.05) is 59.4 Å². The molecule has 0 aromatic heterocycles. The summed E-state index contributed by atoms with van der Waals surface area (Å²) in [5.41, 5.74) is 0. The van der Waals surface area contributed by atoms with E-state index in [4.69, 9.17) is 4.74 Å². The molecule has 0 saturated carbocycles. The number of methoxy groups -OCH3 is 1. The highest BCUT2D eigenvalue weighted by molar-refractivity contribution is 7.89. The molecule has 0 aliphatic carbocycles. The van der Waals surface area contributed by atoms with Crippen molar-refractivity contribution in [1.82, 2.24) is 14.5 Å². The minimum atomic E-state index is -0.903. The second-order valence-electron chi connectivity index (χ2n) is 4.34. The van der Waals surface area contributed by atoms with Crippen LogP contribution in [0.1, 0.15) is 12.8 Å². The van der Waals surface area contributed by atoms with E-state index in [0.717, 1.165) is 45.8 Å². The van der Waals surface area contributed by atoms with Gasteiger partial charge in [-0.25, -0.2) is 0 Å². The van der Waals surface area contributed by atoms with Crippen molar-refractivity contribution in [3.8, 4) is 0 Å². The number of rotatable bonds is 8. The lowest BCUT2D eigenvalue weighted by molar-refractivity contribution is 0.138. The summed E-state index contributed by atoms with van der Waals surface area (Å²) in [6, 6.07) is 0. The summed E-state index contributed by atoms with van der Waals surface area (Å²) < 4.78 is 19.1. The number of hydrogen-bond acceptors (Lipinski definition) is 5. The molecule has 1 heterocycles. The molecular weight excluding hydrogens is 238 g/mol. The van der Waals surface area contributed by atoms with Gasteiger partial charge in [-0.15, -0.1) is 4.72 Å². The molecule has 1 aliphatic heterocycles. The van der Waals surface area contributed by atoms with Crippen LogP contribution in [0.2, 0.25) is 0 Å². The van der Waals surface area contributed by atoms with Gasteiger partial charge in [0.1, 0.15) is 0 Å².